The van der Waals surface area contributed by atoms with Gasteiger partial charge in [-0.25, -0.2) is 16.8 Å². The number of amides is 2. The Morgan fingerprint density at radius 1 is 0.575 bits per heavy atom. The lowest BCUT2D eigenvalue weighted by Crippen LogP contribution is -2.44. The largest absolute Gasteiger partial charge is 0.351 e. The topological polar surface area (TPSA) is 151 Å². The van der Waals surface area contributed by atoms with Crippen LogP contribution in [0.4, 0.5) is 0 Å². The summed E-state index contributed by atoms with van der Waals surface area (Å²) in [5.41, 5.74) is 3.40. The van der Waals surface area contributed by atoms with Gasteiger partial charge in [0.25, 0.3) is 0 Å². The lowest BCUT2D eigenvalue weighted by Gasteiger charge is -2.15. The van der Waals surface area contributed by atoms with Crippen molar-refractivity contribution in [3.8, 4) is 0 Å². The van der Waals surface area contributed by atoms with Gasteiger partial charge in [-0.15, -0.1) is 0 Å². The van der Waals surface area contributed by atoms with Crippen molar-refractivity contribution in [1.29, 1.82) is 0 Å². The molecule has 0 radical (unpaired) electrons. The van der Waals surface area contributed by atoms with Crippen LogP contribution in [-0.4, -0.2) is 40.7 Å². The zero-order valence-electron chi connectivity index (χ0n) is 22.8. The van der Waals surface area contributed by atoms with Crippen LogP contribution in [-0.2, 0) is 42.7 Å². The Hall–Kier alpha value is -3.58. The smallest absolute Gasteiger partial charge is 0.241 e. The third-order valence-corrected chi connectivity index (χ3v) is 9.18. The van der Waals surface area contributed by atoms with Gasteiger partial charge in [0.05, 0.1) is 21.9 Å². The molecule has 0 spiro atoms. The summed E-state index contributed by atoms with van der Waals surface area (Å²) in [7, 11) is -7.68. The molecule has 10 nitrogen and oxygen atoms in total. The molecular formula is C28H34N4O6S2. The van der Waals surface area contributed by atoms with E-state index in [1.54, 1.807) is 48.5 Å². The second kappa shape index (κ2) is 13.2. The highest BCUT2D eigenvalue weighted by Crippen LogP contribution is 2.12. The fraction of sp³-hybridized carbons (Fsp3) is 0.286. The van der Waals surface area contributed by atoms with Gasteiger partial charge in [-0.05, 0) is 63.1 Å². The van der Waals surface area contributed by atoms with Crippen LogP contribution in [0.15, 0.2) is 82.6 Å². The van der Waals surface area contributed by atoms with Crippen molar-refractivity contribution in [3.63, 3.8) is 0 Å². The summed E-state index contributed by atoms with van der Waals surface area (Å²) in [5, 5.41) is 5.41. The molecule has 4 N–H and O–H groups in total. The normalized spacial score (nSPS) is 13.3. The molecule has 0 aliphatic carbocycles. The molecule has 3 aromatic carbocycles. The number of aryl methyl sites for hydroxylation is 2. The minimum Gasteiger partial charge on any atom is -0.351 e. The number of carbonyl (C=O) groups is 2. The molecule has 0 unspecified atom stereocenters. The van der Waals surface area contributed by atoms with E-state index in [1.807, 2.05) is 13.8 Å². The van der Waals surface area contributed by atoms with Gasteiger partial charge < -0.3 is 10.6 Å². The average Bonchev–Trinajstić information content (AvgIpc) is 2.90. The minimum absolute atomic E-state index is 0.0819. The predicted molar refractivity (Wildman–Crippen MR) is 152 cm³/mol. The summed E-state index contributed by atoms with van der Waals surface area (Å²) in [6.45, 7) is 7.00. The van der Waals surface area contributed by atoms with Crippen LogP contribution in [0, 0.1) is 13.8 Å². The summed E-state index contributed by atoms with van der Waals surface area (Å²) in [6, 6.07) is 17.8. The van der Waals surface area contributed by atoms with E-state index in [1.165, 1.54) is 38.1 Å². The van der Waals surface area contributed by atoms with E-state index in [0.717, 1.165) is 22.3 Å². The zero-order valence-corrected chi connectivity index (χ0v) is 24.4. The van der Waals surface area contributed by atoms with Crippen molar-refractivity contribution in [1.82, 2.24) is 20.1 Å². The third-order valence-electron chi connectivity index (χ3n) is 6.07. The molecule has 0 aliphatic heterocycles. The molecular weight excluding hydrogens is 552 g/mol. The number of sulfonamides is 2. The van der Waals surface area contributed by atoms with E-state index in [0.29, 0.717) is 0 Å². The van der Waals surface area contributed by atoms with E-state index in [2.05, 4.69) is 20.1 Å². The van der Waals surface area contributed by atoms with Crippen LogP contribution in [0.3, 0.4) is 0 Å². The zero-order chi connectivity index (χ0) is 29.5. The molecule has 3 aromatic rings. The first-order valence-electron chi connectivity index (χ1n) is 12.6. The highest BCUT2D eigenvalue weighted by atomic mass is 32.2. The highest BCUT2D eigenvalue weighted by molar-refractivity contribution is 7.89. The molecule has 12 heteroatoms. The molecule has 0 heterocycles. The lowest BCUT2D eigenvalue weighted by atomic mass is 10.1. The van der Waals surface area contributed by atoms with Crippen LogP contribution < -0.4 is 20.1 Å². The standard InChI is InChI=1S/C28H34N4O6S2/c1-19-5-13-25(14-6-19)39(35,36)31-21(3)27(33)29-17-23-9-11-24(12-10-23)18-30-28(34)22(4)32-40(37,38)26-15-7-20(2)8-16-26/h5-16,21-22,31-32H,17-18H2,1-4H3,(H,29,33)(H,30,34)/t21-,22-/m0/s1. The number of nitrogens with one attached hydrogen (secondary N) is 4. The molecule has 2 atom stereocenters. The van der Waals surface area contributed by atoms with Crippen LogP contribution in [0.2, 0.25) is 0 Å². The number of hydrogen-bond acceptors (Lipinski definition) is 6. The Labute approximate surface area is 235 Å². The highest BCUT2D eigenvalue weighted by Gasteiger charge is 2.23. The van der Waals surface area contributed by atoms with Gasteiger partial charge in [0.15, 0.2) is 0 Å². The molecule has 214 valence electrons. The van der Waals surface area contributed by atoms with Gasteiger partial charge in [-0.3, -0.25) is 9.59 Å². The molecule has 0 bridgehead atoms. The van der Waals surface area contributed by atoms with Crippen LogP contribution in [0.1, 0.15) is 36.1 Å². The third kappa shape index (κ3) is 8.71. The van der Waals surface area contributed by atoms with Gasteiger partial charge in [-0.2, -0.15) is 9.44 Å². The maximum atomic E-state index is 12.5. The first kappa shape index (κ1) is 31.0. The summed E-state index contributed by atoms with van der Waals surface area (Å²) in [5.74, 6) is -0.955. The summed E-state index contributed by atoms with van der Waals surface area (Å²) in [4.78, 5) is 25.1. The fourth-order valence-electron chi connectivity index (χ4n) is 3.60. The summed E-state index contributed by atoms with van der Waals surface area (Å²) in [6.07, 6.45) is 0. The molecule has 0 saturated carbocycles. The van der Waals surface area contributed by atoms with E-state index < -0.39 is 43.9 Å². The van der Waals surface area contributed by atoms with Crippen molar-refractivity contribution in [3.05, 3.63) is 95.1 Å². The van der Waals surface area contributed by atoms with Gasteiger partial charge in [0, 0.05) is 13.1 Å². The molecule has 40 heavy (non-hydrogen) atoms. The van der Waals surface area contributed by atoms with Crippen molar-refractivity contribution >= 4 is 31.9 Å². The monoisotopic (exact) mass is 586 g/mol. The second-order valence-electron chi connectivity index (χ2n) is 9.56. The number of hydrogen-bond donors (Lipinski definition) is 4. The minimum atomic E-state index is -3.84. The quantitative estimate of drug-likeness (QED) is 0.256. The van der Waals surface area contributed by atoms with Crippen molar-refractivity contribution in [2.45, 2.75) is 62.7 Å². The van der Waals surface area contributed by atoms with Crippen LogP contribution in [0.25, 0.3) is 0 Å². The first-order chi connectivity index (χ1) is 18.8. The molecule has 2 amide bonds. The van der Waals surface area contributed by atoms with Crippen LogP contribution in [0.5, 0.6) is 0 Å². The van der Waals surface area contributed by atoms with Crippen LogP contribution >= 0.6 is 0 Å². The molecule has 0 fully saturated rings. The maximum Gasteiger partial charge on any atom is 0.241 e. The van der Waals surface area contributed by atoms with E-state index in [-0.39, 0.29) is 22.9 Å². The van der Waals surface area contributed by atoms with Gasteiger partial charge in [0.2, 0.25) is 31.9 Å². The maximum absolute atomic E-state index is 12.5. The van der Waals surface area contributed by atoms with E-state index >= 15 is 0 Å². The van der Waals surface area contributed by atoms with E-state index in [9.17, 15) is 26.4 Å². The molecule has 0 aliphatic rings. The first-order valence-corrected chi connectivity index (χ1v) is 15.5. The Bertz CT molecular complexity index is 1420. The predicted octanol–water partition coefficient (Wildman–Crippen LogP) is 2.27. The summed E-state index contributed by atoms with van der Waals surface area (Å²) >= 11 is 0. The van der Waals surface area contributed by atoms with Crippen molar-refractivity contribution in [2.75, 3.05) is 0 Å². The number of benzene rings is 3. The SMILES string of the molecule is Cc1ccc(S(=O)(=O)N[C@@H](C)C(=O)NCc2ccc(CNC(=O)[C@H](C)NS(=O)(=O)c3ccc(C)cc3)cc2)cc1. The lowest BCUT2D eigenvalue weighted by molar-refractivity contribution is -0.123. The Morgan fingerprint density at radius 3 is 1.18 bits per heavy atom. The van der Waals surface area contributed by atoms with Gasteiger partial charge >= 0.3 is 0 Å². The molecule has 0 saturated heterocycles. The molecule has 3 rings (SSSR count). The number of rotatable bonds is 12. The Kier molecular flexibility index (Phi) is 10.2. The number of carbonyl (C=O) groups excluding carboxylic acids is 2. The average molecular weight is 587 g/mol. The Morgan fingerprint density at radius 2 is 0.875 bits per heavy atom. The van der Waals surface area contributed by atoms with Gasteiger partial charge in [-0.1, -0.05) is 59.7 Å². The van der Waals surface area contributed by atoms with Crippen molar-refractivity contribution < 1.29 is 26.4 Å². The summed E-state index contributed by atoms with van der Waals surface area (Å²) < 4.78 is 54.8. The second-order valence-corrected chi connectivity index (χ2v) is 13.0. The molecule has 0 aromatic heterocycles. The Balaban J connectivity index is 1.46. The fourth-order valence-corrected chi connectivity index (χ4v) is 6.01. The van der Waals surface area contributed by atoms with E-state index in [4.69, 9.17) is 0 Å². The van der Waals surface area contributed by atoms with Gasteiger partial charge in [0.1, 0.15) is 0 Å². The van der Waals surface area contributed by atoms with Crippen molar-refractivity contribution in [2.24, 2.45) is 0 Å².